The molecule has 0 aromatic rings. The molecule has 3 aliphatic carbocycles. The molecule has 4 atom stereocenters. The van der Waals surface area contributed by atoms with E-state index in [1.165, 1.54) is 39.5 Å². The summed E-state index contributed by atoms with van der Waals surface area (Å²) in [5, 5.41) is 4.86. The fourth-order valence-electron chi connectivity index (χ4n) is 9.02. The molecule has 0 amide bonds. The number of carbonyl (C=O) groups excluding carboxylic acids is 1. The van der Waals surface area contributed by atoms with Crippen molar-refractivity contribution in [2.24, 2.45) is 23.7 Å². The fourth-order valence-corrected chi connectivity index (χ4v) is 9.02. The molecule has 3 saturated carbocycles. The molecule has 3 unspecified atom stereocenters. The van der Waals surface area contributed by atoms with E-state index in [-0.39, 0.29) is 30.3 Å². The van der Waals surface area contributed by atoms with Gasteiger partial charge in [-0.3, -0.25) is 0 Å². The highest BCUT2D eigenvalue weighted by Crippen LogP contribution is 2.50. The molecular weight excluding hydrogens is 586 g/mol. The Labute approximate surface area is 277 Å². The Bertz CT molecular complexity index is 1010. The van der Waals surface area contributed by atoms with E-state index < -0.39 is 6.16 Å². The number of piperidine rings is 1. The second kappa shape index (κ2) is 17.7. The highest BCUT2D eigenvalue weighted by molar-refractivity contribution is 5.60. The lowest BCUT2D eigenvalue weighted by Gasteiger charge is -2.49. The average Bonchev–Trinajstić information content (AvgIpc) is 3.06. The van der Waals surface area contributed by atoms with Crippen LogP contribution in [0.3, 0.4) is 0 Å². The van der Waals surface area contributed by atoms with Gasteiger partial charge in [0.05, 0.1) is 38.1 Å². The van der Waals surface area contributed by atoms with Crippen LogP contribution in [0.5, 0.6) is 0 Å². The minimum atomic E-state index is -0.539. The van der Waals surface area contributed by atoms with Crippen LogP contribution < -0.4 is 0 Å². The zero-order valence-corrected chi connectivity index (χ0v) is 29.2. The van der Waals surface area contributed by atoms with Gasteiger partial charge in [-0.2, -0.15) is 4.89 Å². The predicted molar refractivity (Wildman–Crippen MR) is 176 cm³/mol. The van der Waals surface area contributed by atoms with E-state index in [1.807, 2.05) is 26.8 Å². The van der Waals surface area contributed by atoms with E-state index in [0.717, 1.165) is 89.5 Å². The van der Waals surface area contributed by atoms with Crippen LogP contribution in [-0.4, -0.2) is 74.9 Å². The van der Waals surface area contributed by atoms with E-state index in [4.69, 9.17) is 33.8 Å². The number of allylic oxidation sites excluding steroid dienone is 2. The first-order chi connectivity index (χ1) is 22.4. The first-order valence-electron chi connectivity index (χ1n) is 18.5. The molecule has 5 rings (SSSR count). The van der Waals surface area contributed by atoms with Crippen molar-refractivity contribution in [3.63, 3.8) is 0 Å². The number of likely N-dealkylation sites (tertiary alicyclic amines) is 1. The van der Waals surface area contributed by atoms with Crippen LogP contribution in [0.1, 0.15) is 118 Å². The number of carbonyl (C=O) groups is 1. The molecule has 4 fully saturated rings. The van der Waals surface area contributed by atoms with Crippen molar-refractivity contribution in [1.82, 2.24) is 4.90 Å². The van der Waals surface area contributed by atoms with Crippen LogP contribution in [0.4, 0.5) is 4.79 Å². The lowest BCUT2D eigenvalue weighted by Crippen LogP contribution is -2.47. The van der Waals surface area contributed by atoms with Gasteiger partial charge in [-0.05, 0) is 153 Å². The number of hydrogen-bond acceptors (Lipinski definition) is 9. The summed E-state index contributed by atoms with van der Waals surface area (Å²) >= 11 is 0. The number of ether oxygens (including phenoxy) is 4. The van der Waals surface area contributed by atoms with Gasteiger partial charge in [-0.1, -0.05) is 12.0 Å². The third-order valence-corrected chi connectivity index (χ3v) is 11.4. The molecule has 262 valence electrons. The van der Waals surface area contributed by atoms with Gasteiger partial charge >= 0.3 is 6.16 Å². The van der Waals surface area contributed by atoms with Crippen molar-refractivity contribution >= 4 is 6.16 Å². The highest BCUT2D eigenvalue weighted by atomic mass is 17.5. The predicted octanol–water partition coefficient (Wildman–Crippen LogP) is 8.08. The summed E-state index contributed by atoms with van der Waals surface area (Å²) < 4.78 is 24.6. The van der Waals surface area contributed by atoms with E-state index in [1.54, 1.807) is 11.1 Å². The maximum atomic E-state index is 12.2. The van der Waals surface area contributed by atoms with Crippen molar-refractivity contribution in [3.8, 4) is 0 Å². The van der Waals surface area contributed by atoms with Crippen LogP contribution in [0, 0.1) is 23.7 Å². The molecule has 46 heavy (non-hydrogen) atoms. The molecule has 0 bridgehead atoms. The Morgan fingerprint density at radius 1 is 0.957 bits per heavy atom. The van der Waals surface area contributed by atoms with Gasteiger partial charge in [0.2, 0.25) is 0 Å². The lowest BCUT2D eigenvalue weighted by molar-refractivity contribution is -0.487. The minimum Gasteiger partial charge on any atom is -0.432 e. The van der Waals surface area contributed by atoms with Crippen LogP contribution in [-0.2, 0) is 33.8 Å². The van der Waals surface area contributed by atoms with Crippen molar-refractivity contribution in [1.29, 1.82) is 0 Å². The quantitative estimate of drug-likeness (QED) is 0.0686. The minimum absolute atomic E-state index is 0.0688. The molecule has 0 N–H and O–H groups in total. The Morgan fingerprint density at radius 3 is 2.35 bits per heavy atom. The van der Waals surface area contributed by atoms with Crippen molar-refractivity contribution in [2.75, 3.05) is 33.4 Å². The van der Waals surface area contributed by atoms with Gasteiger partial charge in [-0.25, -0.2) is 4.79 Å². The molecule has 5 aliphatic rings. The van der Waals surface area contributed by atoms with Gasteiger partial charge in [-0.15, -0.1) is 0 Å². The lowest BCUT2D eigenvalue weighted by atomic mass is 9.66. The van der Waals surface area contributed by atoms with Crippen molar-refractivity contribution in [2.45, 2.75) is 148 Å². The Balaban J connectivity index is 1.24. The van der Waals surface area contributed by atoms with Crippen molar-refractivity contribution < 1.29 is 38.6 Å². The zero-order chi connectivity index (χ0) is 32.5. The molecule has 2 aliphatic heterocycles. The molecule has 1 saturated heterocycles. The first kappa shape index (κ1) is 35.7. The van der Waals surface area contributed by atoms with Gasteiger partial charge in [0.15, 0.2) is 0 Å². The second-order valence-electron chi connectivity index (χ2n) is 14.7. The zero-order valence-electron chi connectivity index (χ0n) is 29.2. The summed E-state index contributed by atoms with van der Waals surface area (Å²) in [6, 6.07) is 0. The van der Waals surface area contributed by atoms with Gasteiger partial charge in [0.25, 0.3) is 0 Å². The third kappa shape index (κ3) is 9.49. The summed E-state index contributed by atoms with van der Waals surface area (Å²) in [4.78, 5) is 25.0. The monoisotopic (exact) mass is 647 g/mol. The van der Waals surface area contributed by atoms with Gasteiger partial charge < -0.3 is 28.7 Å². The Morgan fingerprint density at radius 2 is 1.67 bits per heavy atom. The number of rotatable bonds is 12. The number of hydrogen-bond donors (Lipinski definition) is 0. The Hall–Kier alpha value is -1.65. The molecule has 0 aromatic heterocycles. The highest BCUT2D eigenvalue weighted by Gasteiger charge is 2.46. The smallest absolute Gasteiger partial charge is 0.432 e. The fraction of sp³-hybridized carbons (Fsp3) is 0.865. The van der Waals surface area contributed by atoms with Gasteiger partial charge in [0.1, 0.15) is 11.9 Å². The number of nitrogens with zero attached hydrogens (tertiary/aromatic N) is 1. The SMILES string of the molecule is C/C=C(/OOOC)C1CCC2C(C)=C(C3CCC(OC(=O)OC(C)C)CC3)[C@H](C3CCC(OCCN4CCCCC4)CC3)OC2C1. The normalized spacial score (nSPS) is 34.7. The summed E-state index contributed by atoms with van der Waals surface area (Å²) in [7, 11) is 1.46. The van der Waals surface area contributed by atoms with Crippen LogP contribution >= 0.6 is 0 Å². The molecule has 0 aromatic carbocycles. The summed E-state index contributed by atoms with van der Waals surface area (Å²) in [6.45, 7) is 12.5. The van der Waals surface area contributed by atoms with Crippen LogP contribution in [0.15, 0.2) is 23.0 Å². The largest absolute Gasteiger partial charge is 0.508 e. The molecule has 0 radical (unpaired) electrons. The molecule has 2 heterocycles. The van der Waals surface area contributed by atoms with Crippen LogP contribution in [0.2, 0.25) is 0 Å². The van der Waals surface area contributed by atoms with Crippen LogP contribution in [0.25, 0.3) is 0 Å². The third-order valence-electron chi connectivity index (χ3n) is 11.4. The van der Waals surface area contributed by atoms with E-state index in [0.29, 0.717) is 23.9 Å². The summed E-state index contributed by atoms with van der Waals surface area (Å²) in [5.41, 5.74) is 3.11. The summed E-state index contributed by atoms with van der Waals surface area (Å²) in [5.74, 6) is 2.46. The molecule has 0 spiro atoms. The Kier molecular flexibility index (Phi) is 13.7. The van der Waals surface area contributed by atoms with E-state index in [9.17, 15) is 4.79 Å². The van der Waals surface area contributed by atoms with E-state index >= 15 is 0 Å². The molecule has 9 nitrogen and oxygen atoms in total. The van der Waals surface area contributed by atoms with Crippen molar-refractivity contribution in [3.05, 3.63) is 23.0 Å². The topological polar surface area (TPSA) is 84.9 Å². The maximum Gasteiger partial charge on any atom is 0.508 e. The first-order valence-corrected chi connectivity index (χ1v) is 18.5. The standard InChI is InChI=1S/C37H61NO8/c1-6-33(45-46-40-5)29-14-19-32-26(4)35(27-10-17-31(18-11-27)43-37(39)42-25(2)3)36(44-34(32)24-29)28-12-15-30(16-13-28)41-23-22-38-20-8-7-9-21-38/h6,25,27-32,34,36H,7-24H2,1-5H3/b33-6+/t27?,28?,29?,30?,31?,32?,34?,36-/m0/s1. The number of fused-ring (bicyclic) bond motifs is 1. The molecule has 9 heteroatoms. The average molecular weight is 648 g/mol. The second-order valence-corrected chi connectivity index (χ2v) is 14.7. The maximum absolute atomic E-state index is 12.2. The molecular formula is C37H61NO8. The summed E-state index contributed by atoms with van der Waals surface area (Å²) in [6.07, 6.45) is 17.2. The van der Waals surface area contributed by atoms with Gasteiger partial charge in [0, 0.05) is 18.4 Å². The van der Waals surface area contributed by atoms with E-state index in [2.05, 4.69) is 11.8 Å².